The molecule has 0 nitrogen and oxygen atoms in total. The predicted molar refractivity (Wildman–Crippen MR) is 101 cm³/mol. The molecule has 0 atom stereocenters. The minimum Gasteiger partial charge on any atom is -0.0693 e. The summed E-state index contributed by atoms with van der Waals surface area (Å²) in [6.45, 7) is 0. The van der Waals surface area contributed by atoms with Gasteiger partial charge in [0.2, 0.25) is 0 Å². The van der Waals surface area contributed by atoms with Gasteiger partial charge in [-0.1, -0.05) is 97.2 Å². The van der Waals surface area contributed by atoms with Crippen LogP contribution in [0.1, 0.15) is 11.1 Å². The van der Waals surface area contributed by atoms with Crippen LogP contribution in [0, 0.1) is 10.8 Å². The molecular weight excluding hydrogens is 288 g/mol. The van der Waals surface area contributed by atoms with E-state index in [2.05, 4.69) is 97.2 Å². The summed E-state index contributed by atoms with van der Waals surface area (Å²) in [7, 11) is 0. The van der Waals surface area contributed by atoms with Crippen LogP contribution >= 0.6 is 0 Å². The smallest absolute Gasteiger partial charge is 0.0419 e. The van der Waals surface area contributed by atoms with Gasteiger partial charge in [0.25, 0.3) is 0 Å². The Labute approximate surface area is 141 Å². The summed E-state index contributed by atoms with van der Waals surface area (Å²) in [5.41, 5.74) is 5.36. The second-order valence-electron chi connectivity index (χ2n) is 7.13. The molecule has 4 aliphatic rings. The third kappa shape index (κ3) is 1.28. The van der Waals surface area contributed by atoms with Crippen molar-refractivity contribution in [2.24, 2.45) is 10.8 Å². The van der Waals surface area contributed by atoms with E-state index in [0.717, 1.165) is 0 Å². The zero-order chi connectivity index (χ0) is 15.8. The molecule has 24 heavy (non-hydrogen) atoms. The largest absolute Gasteiger partial charge is 0.0693 e. The molecule has 2 aromatic rings. The minimum absolute atomic E-state index is 0.0838. The van der Waals surface area contributed by atoms with Gasteiger partial charge in [0.05, 0.1) is 0 Å². The van der Waals surface area contributed by atoms with Crippen molar-refractivity contribution in [1.29, 1.82) is 0 Å². The molecule has 0 fully saturated rings. The highest BCUT2D eigenvalue weighted by Crippen LogP contribution is 2.60. The van der Waals surface area contributed by atoms with Gasteiger partial charge in [-0.2, -0.15) is 0 Å². The standard InChI is InChI=1S/C24H16/c1-2-12-24-14-4-3-13-23(24,11-1)15-20-18-9-5-7-17-8-6-10-19(22(17)18)21(20)16-24/h1-16H. The maximum atomic E-state index is 2.48. The van der Waals surface area contributed by atoms with Gasteiger partial charge in [-0.3, -0.25) is 0 Å². The Kier molecular flexibility index (Phi) is 2.07. The number of fused-ring (bicyclic) bond motifs is 3. The van der Waals surface area contributed by atoms with Crippen molar-refractivity contribution in [3.05, 3.63) is 108 Å². The van der Waals surface area contributed by atoms with Crippen molar-refractivity contribution in [1.82, 2.24) is 0 Å². The molecule has 4 aliphatic carbocycles. The van der Waals surface area contributed by atoms with Crippen molar-refractivity contribution < 1.29 is 0 Å². The average molecular weight is 304 g/mol. The molecule has 6 rings (SSSR count). The van der Waals surface area contributed by atoms with Gasteiger partial charge in [-0.15, -0.1) is 0 Å². The van der Waals surface area contributed by atoms with Crippen LogP contribution in [0.5, 0.6) is 0 Å². The monoisotopic (exact) mass is 304 g/mol. The minimum atomic E-state index is -0.0838. The van der Waals surface area contributed by atoms with Gasteiger partial charge < -0.3 is 0 Å². The van der Waals surface area contributed by atoms with Gasteiger partial charge in [-0.05, 0) is 33.0 Å². The first-order chi connectivity index (χ1) is 11.8. The van der Waals surface area contributed by atoms with E-state index in [-0.39, 0.29) is 10.8 Å². The maximum Gasteiger partial charge on any atom is 0.0419 e. The highest BCUT2D eigenvalue weighted by Gasteiger charge is 2.48. The molecule has 0 amide bonds. The summed E-state index contributed by atoms with van der Waals surface area (Å²) in [5.74, 6) is 0. The Morgan fingerprint density at radius 1 is 0.542 bits per heavy atom. The van der Waals surface area contributed by atoms with E-state index < -0.39 is 0 Å². The number of allylic oxidation sites excluding steroid dienone is 12. The van der Waals surface area contributed by atoms with E-state index in [9.17, 15) is 0 Å². The molecule has 0 saturated carbocycles. The van der Waals surface area contributed by atoms with Gasteiger partial charge in [-0.25, -0.2) is 0 Å². The molecule has 0 unspecified atom stereocenters. The second-order valence-corrected chi connectivity index (χ2v) is 7.13. The molecule has 0 radical (unpaired) electrons. The molecule has 0 aromatic heterocycles. The van der Waals surface area contributed by atoms with E-state index in [1.165, 1.54) is 33.0 Å². The van der Waals surface area contributed by atoms with Gasteiger partial charge in [0, 0.05) is 10.8 Å². The summed E-state index contributed by atoms with van der Waals surface area (Å²) in [4.78, 5) is 0. The lowest BCUT2D eigenvalue weighted by molar-refractivity contribution is 0.398. The molecule has 2 aromatic carbocycles. The number of hydrogen-bond acceptors (Lipinski definition) is 0. The Morgan fingerprint density at radius 3 is 1.46 bits per heavy atom. The van der Waals surface area contributed by atoms with Crippen LogP contribution in [0.15, 0.2) is 97.2 Å². The zero-order valence-electron chi connectivity index (χ0n) is 13.2. The third-order valence-corrected chi connectivity index (χ3v) is 6.00. The number of hydrogen-bond donors (Lipinski definition) is 0. The summed E-state index contributed by atoms with van der Waals surface area (Å²) < 4.78 is 0. The van der Waals surface area contributed by atoms with Crippen LogP contribution in [-0.4, -0.2) is 0 Å². The highest BCUT2D eigenvalue weighted by atomic mass is 14.5. The van der Waals surface area contributed by atoms with Gasteiger partial charge in [0.1, 0.15) is 0 Å². The summed E-state index contributed by atoms with van der Waals surface area (Å²) in [6, 6.07) is 13.3. The Morgan fingerprint density at radius 2 is 1.00 bits per heavy atom. The van der Waals surface area contributed by atoms with Gasteiger partial charge in [0.15, 0.2) is 0 Å². The van der Waals surface area contributed by atoms with Crippen molar-refractivity contribution in [3.8, 4) is 0 Å². The first-order valence-electron chi connectivity index (χ1n) is 8.55. The summed E-state index contributed by atoms with van der Waals surface area (Å²) >= 11 is 0. The molecule has 0 heteroatoms. The first kappa shape index (κ1) is 12.5. The Bertz CT molecular complexity index is 987. The van der Waals surface area contributed by atoms with E-state index in [1.807, 2.05) is 0 Å². The quantitative estimate of drug-likeness (QED) is 0.572. The van der Waals surface area contributed by atoms with Crippen LogP contribution < -0.4 is 0 Å². The fraction of sp³-hybridized carbons (Fsp3) is 0.0833. The van der Waals surface area contributed by atoms with Crippen LogP contribution in [-0.2, 0) is 0 Å². The molecule has 0 bridgehead atoms. The molecular formula is C24H16. The fourth-order valence-corrected chi connectivity index (χ4v) is 4.86. The molecule has 0 N–H and O–H groups in total. The van der Waals surface area contributed by atoms with E-state index in [0.29, 0.717) is 0 Å². The summed E-state index contributed by atoms with van der Waals surface area (Å²) in [5, 5.41) is 2.74. The molecule has 0 aliphatic heterocycles. The Hall–Kier alpha value is -2.86. The topological polar surface area (TPSA) is 0 Å². The molecule has 0 spiro atoms. The van der Waals surface area contributed by atoms with E-state index in [4.69, 9.17) is 0 Å². The fourth-order valence-electron chi connectivity index (χ4n) is 4.86. The average Bonchev–Trinajstić information content (AvgIpc) is 2.93. The van der Waals surface area contributed by atoms with Gasteiger partial charge >= 0.3 is 0 Å². The first-order valence-corrected chi connectivity index (χ1v) is 8.55. The molecule has 0 heterocycles. The van der Waals surface area contributed by atoms with Crippen LogP contribution in [0.4, 0.5) is 0 Å². The zero-order valence-corrected chi connectivity index (χ0v) is 13.2. The lowest BCUT2D eigenvalue weighted by atomic mass is 9.55. The van der Waals surface area contributed by atoms with E-state index in [1.54, 1.807) is 0 Å². The SMILES string of the molecule is C1=CC23C=CC=CC2(C=C1)C=C1C(=C3)c2cccc3cccc1c23. The van der Waals surface area contributed by atoms with Crippen molar-refractivity contribution in [3.63, 3.8) is 0 Å². The molecule has 112 valence electrons. The highest BCUT2D eigenvalue weighted by molar-refractivity contribution is 6.23. The van der Waals surface area contributed by atoms with Crippen LogP contribution in [0.3, 0.4) is 0 Å². The predicted octanol–water partition coefficient (Wildman–Crippen LogP) is 5.86. The number of rotatable bonds is 0. The maximum absolute atomic E-state index is 2.48. The van der Waals surface area contributed by atoms with Crippen LogP contribution in [0.2, 0.25) is 0 Å². The third-order valence-electron chi connectivity index (χ3n) is 6.00. The Balaban J connectivity index is 1.76. The number of benzene rings is 2. The van der Waals surface area contributed by atoms with Crippen molar-refractivity contribution >= 4 is 21.9 Å². The lowest BCUT2D eigenvalue weighted by Crippen LogP contribution is -2.38. The van der Waals surface area contributed by atoms with E-state index >= 15 is 0 Å². The van der Waals surface area contributed by atoms with Crippen molar-refractivity contribution in [2.45, 2.75) is 0 Å². The second kappa shape index (κ2) is 3.96. The van der Waals surface area contributed by atoms with Crippen LogP contribution in [0.25, 0.3) is 21.9 Å². The summed E-state index contributed by atoms with van der Waals surface area (Å²) in [6.07, 6.45) is 23.1. The molecule has 0 saturated heterocycles. The lowest BCUT2D eigenvalue weighted by Gasteiger charge is -2.46. The van der Waals surface area contributed by atoms with Crippen molar-refractivity contribution in [2.75, 3.05) is 0 Å². The normalized spacial score (nSPS) is 30.7.